The molecule has 6 heteroatoms. The Morgan fingerprint density at radius 2 is 1.95 bits per heavy atom. The fourth-order valence-electron chi connectivity index (χ4n) is 1.57. The van der Waals surface area contributed by atoms with Crippen LogP contribution in [0.4, 0.5) is 10.5 Å². The van der Waals surface area contributed by atoms with Crippen LogP contribution in [0, 0.1) is 11.3 Å². The molecule has 0 radical (unpaired) electrons. The van der Waals surface area contributed by atoms with E-state index in [4.69, 9.17) is 5.26 Å². The van der Waals surface area contributed by atoms with Gasteiger partial charge in [0.05, 0.1) is 11.6 Å². The Bertz CT molecular complexity index is 570. The van der Waals surface area contributed by atoms with Crippen molar-refractivity contribution in [3.63, 3.8) is 0 Å². The highest BCUT2D eigenvalue weighted by molar-refractivity contribution is 5.93. The average Bonchev–Trinajstić information content (AvgIpc) is 2.36. The first-order valence-electron chi connectivity index (χ1n) is 6.61. The number of carbonyl (C=O) groups excluding carboxylic acids is 2. The van der Waals surface area contributed by atoms with Gasteiger partial charge in [0.2, 0.25) is 5.91 Å². The molecule has 3 amide bonds. The maximum atomic E-state index is 11.9. The lowest BCUT2D eigenvalue weighted by Crippen LogP contribution is -2.51. The summed E-state index contributed by atoms with van der Waals surface area (Å²) in [6.07, 6.45) is 0. The number of nitrogens with zero attached hydrogens (tertiary/aromatic N) is 1. The lowest BCUT2D eigenvalue weighted by molar-refractivity contribution is -0.123. The zero-order chi connectivity index (χ0) is 16.0. The van der Waals surface area contributed by atoms with Crippen molar-refractivity contribution in [1.82, 2.24) is 10.6 Å². The number of urea groups is 1. The Balaban J connectivity index is 2.57. The normalized spacial score (nSPS) is 12.0. The largest absolute Gasteiger partial charge is 0.350 e. The molecule has 0 aliphatic carbocycles. The highest BCUT2D eigenvalue weighted by Crippen LogP contribution is 2.09. The van der Waals surface area contributed by atoms with Crippen molar-refractivity contribution in [2.75, 3.05) is 5.32 Å². The van der Waals surface area contributed by atoms with Crippen LogP contribution in [0.25, 0.3) is 0 Å². The minimum absolute atomic E-state index is 0.261. The van der Waals surface area contributed by atoms with E-state index < -0.39 is 12.1 Å². The number of rotatable bonds is 3. The summed E-state index contributed by atoms with van der Waals surface area (Å²) in [4.78, 5) is 23.7. The van der Waals surface area contributed by atoms with Gasteiger partial charge in [0.25, 0.3) is 0 Å². The van der Waals surface area contributed by atoms with E-state index in [2.05, 4.69) is 16.0 Å². The second-order valence-corrected chi connectivity index (χ2v) is 5.75. The fraction of sp³-hybridized carbons (Fsp3) is 0.400. The smallest absolute Gasteiger partial charge is 0.319 e. The summed E-state index contributed by atoms with van der Waals surface area (Å²) < 4.78 is 0. The van der Waals surface area contributed by atoms with E-state index in [1.54, 1.807) is 31.2 Å². The molecular formula is C15H20N4O2. The molecule has 0 bridgehead atoms. The summed E-state index contributed by atoms with van der Waals surface area (Å²) in [5.41, 5.74) is 0.589. The first-order chi connectivity index (χ1) is 9.71. The van der Waals surface area contributed by atoms with E-state index in [1.807, 2.05) is 26.8 Å². The molecule has 112 valence electrons. The van der Waals surface area contributed by atoms with E-state index in [9.17, 15) is 9.59 Å². The van der Waals surface area contributed by atoms with E-state index in [0.29, 0.717) is 11.3 Å². The number of anilines is 1. The Labute approximate surface area is 124 Å². The molecular weight excluding hydrogens is 268 g/mol. The quantitative estimate of drug-likeness (QED) is 0.793. The standard InChI is InChI=1S/C15H20N4O2/c1-10(13(20)19-15(2,3)4)17-14(21)18-12-7-5-6-11(8-12)9-16/h5-8,10H,1-4H3,(H,19,20)(H2,17,18,21). The van der Waals surface area contributed by atoms with Crippen molar-refractivity contribution < 1.29 is 9.59 Å². The van der Waals surface area contributed by atoms with Crippen molar-refractivity contribution in [3.8, 4) is 6.07 Å². The maximum Gasteiger partial charge on any atom is 0.319 e. The van der Waals surface area contributed by atoms with Crippen LogP contribution in [0.15, 0.2) is 24.3 Å². The van der Waals surface area contributed by atoms with Crippen LogP contribution in [-0.4, -0.2) is 23.5 Å². The number of carbonyl (C=O) groups is 2. The highest BCUT2D eigenvalue weighted by atomic mass is 16.2. The van der Waals surface area contributed by atoms with Gasteiger partial charge in [0.15, 0.2) is 0 Å². The molecule has 0 aliphatic heterocycles. The SMILES string of the molecule is CC(NC(=O)Nc1cccc(C#N)c1)C(=O)NC(C)(C)C. The summed E-state index contributed by atoms with van der Waals surface area (Å²) in [5, 5.41) is 16.7. The van der Waals surface area contributed by atoms with Crippen molar-refractivity contribution in [1.29, 1.82) is 5.26 Å². The summed E-state index contributed by atoms with van der Waals surface area (Å²) in [5.74, 6) is -0.261. The Morgan fingerprint density at radius 3 is 2.52 bits per heavy atom. The highest BCUT2D eigenvalue weighted by Gasteiger charge is 2.20. The molecule has 0 aromatic heterocycles. The Kier molecular flexibility index (Phi) is 5.30. The lowest BCUT2D eigenvalue weighted by atomic mass is 10.1. The van der Waals surface area contributed by atoms with Gasteiger partial charge in [-0.25, -0.2) is 4.79 Å². The van der Waals surface area contributed by atoms with Gasteiger partial charge in [0, 0.05) is 11.2 Å². The van der Waals surface area contributed by atoms with Gasteiger partial charge in [-0.2, -0.15) is 5.26 Å². The number of nitrogens with one attached hydrogen (secondary N) is 3. The number of hydrogen-bond donors (Lipinski definition) is 3. The van der Waals surface area contributed by atoms with Crippen LogP contribution in [0.5, 0.6) is 0 Å². The van der Waals surface area contributed by atoms with Crippen LogP contribution < -0.4 is 16.0 Å². The molecule has 1 unspecified atom stereocenters. The first-order valence-corrected chi connectivity index (χ1v) is 6.61. The molecule has 0 saturated carbocycles. The molecule has 1 aromatic rings. The van der Waals surface area contributed by atoms with Crippen molar-refractivity contribution in [2.24, 2.45) is 0 Å². The third-order valence-corrected chi connectivity index (χ3v) is 2.49. The molecule has 0 aliphatic rings. The number of amides is 3. The van der Waals surface area contributed by atoms with Gasteiger partial charge in [-0.1, -0.05) is 6.07 Å². The van der Waals surface area contributed by atoms with E-state index >= 15 is 0 Å². The van der Waals surface area contributed by atoms with Crippen molar-refractivity contribution in [2.45, 2.75) is 39.3 Å². The second-order valence-electron chi connectivity index (χ2n) is 5.75. The third-order valence-electron chi connectivity index (χ3n) is 2.49. The van der Waals surface area contributed by atoms with Crippen LogP contribution in [0.1, 0.15) is 33.3 Å². The van der Waals surface area contributed by atoms with Crippen LogP contribution in [0.2, 0.25) is 0 Å². The monoisotopic (exact) mass is 288 g/mol. The Morgan fingerprint density at radius 1 is 1.29 bits per heavy atom. The van der Waals surface area contributed by atoms with Gasteiger partial charge >= 0.3 is 6.03 Å². The molecule has 0 saturated heterocycles. The summed E-state index contributed by atoms with van der Waals surface area (Å²) in [6.45, 7) is 7.20. The summed E-state index contributed by atoms with van der Waals surface area (Å²) in [6, 6.07) is 7.36. The molecule has 0 fully saturated rings. The van der Waals surface area contributed by atoms with Crippen LogP contribution in [0.3, 0.4) is 0 Å². The predicted octanol–water partition coefficient (Wildman–Crippen LogP) is 1.98. The number of benzene rings is 1. The van der Waals surface area contributed by atoms with Crippen LogP contribution in [-0.2, 0) is 4.79 Å². The minimum atomic E-state index is -0.664. The fourth-order valence-corrected chi connectivity index (χ4v) is 1.57. The third kappa shape index (κ3) is 5.95. The second kappa shape index (κ2) is 6.75. The van der Waals surface area contributed by atoms with Gasteiger partial charge in [-0.15, -0.1) is 0 Å². The predicted molar refractivity (Wildman–Crippen MR) is 80.7 cm³/mol. The molecule has 1 rings (SSSR count). The zero-order valence-electron chi connectivity index (χ0n) is 12.7. The first kappa shape index (κ1) is 16.5. The Hall–Kier alpha value is -2.55. The maximum absolute atomic E-state index is 11.9. The van der Waals surface area contributed by atoms with Crippen molar-refractivity contribution >= 4 is 17.6 Å². The summed E-state index contributed by atoms with van der Waals surface area (Å²) >= 11 is 0. The minimum Gasteiger partial charge on any atom is -0.350 e. The average molecular weight is 288 g/mol. The molecule has 0 spiro atoms. The van der Waals surface area contributed by atoms with Gasteiger partial charge in [-0.3, -0.25) is 4.79 Å². The van der Waals surface area contributed by atoms with Gasteiger partial charge < -0.3 is 16.0 Å². The van der Waals surface area contributed by atoms with E-state index in [1.165, 1.54) is 0 Å². The van der Waals surface area contributed by atoms with Gasteiger partial charge in [0.1, 0.15) is 6.04 Å². The number of hydrogen-bond acceptors (Lipinski definition) is 3. The molecule has 3 N–H and O–H groups in total. The summed E-state index contributed by atoms with van der Waals surface area (Å²) in [7, 11) is 0. The van der Waals surface area contributed by atoms with E-state index in [-0.39, 0.29) is 11.4 Å². The number of nitriles is 1. The molecule has 1 atom stereocenters. The lowest BCUT2D eigenvalue weighted by Gasteiger charge is -2.23. The van der Waals surface area contributed by atoms with Crippen molar-refractivity contribution in [3.05, 3.63) is 29.8 Å². The molecule has 0 heterocycles. The molecule has 6 nitrogen and oxygen atoms in total. The van der Waals surface area contributed by atoms with Gasteiger partial charge in [-0.05, 0) is 45.9 Å². The topological polar surface area (TPSA) is 94.0 Å². The zero-order valence-corrected chi connectivity index (χ0v) is 12.7. The van der Waals surface area contributed by atoms with E-state index in [0.717, 1.165) is 0 Å². The molecule has 1 aromatic carbocycles. The van der Waals surface area contributed by atoms with Crippen LogP contribution >= 0.6 is 0 Å². The molecule has 21 heavy (non-hydrogen) atoms.